The second kappa shape index (κ2) is 3.76. The van der Waals surface area contributed by atoms with Crippen LogP contribution >= 0.6 is 0 Å². The highest BCUT2D eigenvalue weighted by Crippen LogP contribution is 2.51. The van der Waals surface area contributed by atoms with Gasteiger partial charge < -0.3 is 14.8 Å². The number of hydrogen-bond acceptors (Lipinski definition) is 3. The highest BCUT2D eigenvalue weighted by atomic mass is 16.7. The first-order chi connectivity index (χ1) is 9.92. The summed E-state index contributed by atoms with van der Waals surface area (Å²) < 4.78 is 11.4. The third-order valence-corrected chi connectivity index (χ3v) is 4.63. The summed E-state index contributed by atoms with van der Waals surface area (Å²) in [7, 11) is 0. The second-order valence-corrected chi connectivity index (χ2v) is 5.68. The van der Waals surface area contributed by atoms with Crippen LogP contribution in [-0.4, -0.2) is 13.3 Å². The fourth-order valence-corrected chi connectivity index (χ4v) is 3.80. The molecule has 20 heavy (non-hydrogen) atoms. The molecule has 0 saturated heterocycles. The topological polar surface area (TPSA) is 30.5 Å². The Bertz CT molecular complexity index is 723. The first-order valence-corrected chi connectivity index (χ1v) is 7.19. The molecule has 3 aliphatic rings. The van der Waals surface area contributed by atoms with E-state index in [-0.39, 0.29) is 0 Å². The molecule has 0 saturated carbocycles. The van der Waals surface area contributed by atoms with Gasteiger partial charge in [-0.25, -0.2) is 0 Å². The molecule has 5 rings (SSSR count). The van der Waals surface area contributed by atoms with Crippen LogP contribution in [-0.2, 0) is 12.8 Å². The molecule has 2 heterocycles. The zero-order valence-corrected chi connectivity index (χ0v) is 11.1. The Balaban J connectivity index is 1.90. The fraction of sp³-hybridized carbons (Fsp3) is 0.294. The second-order valence-electron chi connectivity index (χ2n) is 5.68. The summed E-state index contributed by atoms with van der Waals surface area (Å²) >= 11 is 0. The van der Waals surface area contributed by atoms with Crippen molar-refractivity contribution in [3.05, 3.63) is 47.0 Å². The lowest BCUT2D eigenvalue weighted by Crippen LogP contribution is -2.33. The quantitative estimate of drug-likeness (QED) is 0.794. The first kappa shape index (κ1) is 10.7. The zero-order chi connectivity index (χ0) is 13.1. The van der Waals surface area contributed by atoms with Crippen LogP contribution in [0.3, 0.4) is 0 Å². The Hall–Kier alpha value is -2.00. The third-order valence-electron chi connectivity index (χ3n) is 4.63. The molecule has 0 radical (unpaired) electrons. The third kappa shape index (κ3) is 1.28. The monoisotopic (exact) mass is 265 g/mol. The van der Waals surface area contributed by atoms with Gasteiger partial charge in [0, 0.05) is 11.6 Å². The van der Waals surface area contributed by atoms with E-state index in [9.17, 15) is 0 Å². The van der Waals surface area contributed by atoms with E-state index in [2.05, 4.69) is 35.6 Å². The molecule has 0 bridgehead atoms. The molecule has 1 N–H and O–H groups in total. The standard InChI is InChI=1S/C17H15NO2/c1-2-4-12-10(3-1)7-13-15-11(5-6-18-13)8-14-17(16(12)15)20-9-19-14/h1-4,8,13,18H,5-7,9H2/t13-/m0/s1. The van der Waals surface area contributed by atoms with E-state index in [1.807, 2.05) is 0 Å². The average molecular weight is 265 g/mol. The van der Waals surface area contributed by atoms with E-state index in [0.717, 1.165) is 30.9 Å². The molecule has 3 nitrogen and oxygen atoms in total. The maximum Gasteiger partial charge on any atom is 0.231 e. The summed E-state index contributed by atoms with van der Waals surface area (Å²) in [5.74, 6) is 1.85. The van der Waals surface area contributed by atoms with E-state index in [1.165, 1.54) is 27.8 Å². The van der Waals surface area contributed by atoms with Crippen molar-refractivity contribution in [3.8, 4) is 22.6 Å². The van der Waals surface area contributed by atoms with Gasteiger partial charge in [0.1, 0.15) is 0 Å². The highest BCUT2D eigenvalue weighted by molar-refractivity contribution is 5.83. The number of ether oxygens (including phenoxy) is 2. The van der Waals surface area contributed by atoms with Crippen LogP contribution < -0.4 is 14.8 Å². The van der Waals surface area contributed by atoms with Gasteiger partial charge in [0.2, 0.25) is 6.79 Å². The van der Waals surface area contributed by atoms with E-state index >= 15 is 0 Å². The highest BCUT2D eigenvalue weighted by Gasteiger charge is 2.34. The van der Waals surface area contributed by atoms with E-state index in [0.29, 0.717) is 12.8 Å². The molecular weight excluding hydrogens is 250 g/mol. The minimum Gasteiger partial charge on any atom is -0.454 e. The van der Waals surface area contributed by atoms with Crippen molar-refractivity contribution in [2.45, 2.75) is 18.9 Å². The number of benzene rings is 2. The minimum atomic E-state index is 0.339. The van der Waals surface area contributed by atoms with E-state index in [4.69, 9.17) is 9.47 Å². The summed E-state index contributed by atoms with van der Waals surface area (Å²) in [6.07, 6.45) is 2.13. The van der Waals surface area contributed by atoms with Crippen LogP contribution in [0.15, 0.2) is 30.3 Å². The van der Waals surface area contributed by atoms with Gasteiger partial charge >= 0.3 is 0 Å². The lowest BCUT2D eigenvalue weighted by atomic mass is 9.77. The number of nitrogens with one attached hydrogen (secondary N) is 1. The Kier molecular flexibility index (Phi) is 2.02. The summed E-state index contributed by atoms with van der Waals surface area (Å²) in [6.45, 7) is 1.38. The fourth-order valence-electron chi connectivity index (χ4n) is 3.80. The van der Waals surface area contributed by atoms with E-state index < -0.39 is 0 Å². The first-order valence-electron chi connectivity index (χ1n) is 7.19. The van der Waals surface area contributed by atoms with Crippen LogP contribution in [0.25, 0.3) is 11.1 Å². The van der Waals surface area contributed by atoms with Crippen molar-refractivity contribution in [2.75, 3.05) is 13.3 Å². The molecule has 0 aromatic heterocycles. The Morgan fingerprint density at radius 3 is 3.05 bits per heavy atom. The Morgan fingerprint density at radius 1 is 1.10 bits per heavy atom. The molecule has 2 aromatic carbocycles. The van der Waals surface area contributed by atoms with Gasteiger partial charge in [0.25, 0.3) is 0 Å². The number of rotatable bonds is 0. The van der Waals surface area contributed by atoms with Gasteiger partial charge in [0.15, 0.2) is 11.5 Å². The molecule has 1 aliphatic carbocycles. The molecule has 0 unspecified atom stereocenters. The maximum atomic E-state index is 5.78. The summed E-state index contributed by atoms with van der Waals surface area (Å²) in [5.41, 5.74) is 6.82. The van der Waals surface area contributed by atoms with Crippen molar-refractivity contribution in [2.24, 2.45) is 0 Å². The maximum absolute atomic E-state index is 5.78. The van der Waals surface area contributed by atoms with Gasteiger partial charge in [-0.3, -0.25) is 0 Å². The zero-order valence-electron chi connectivity index (χ0n) is 11.1. The predicted octanol–water partition coefficient (Wildman–Crippen LogP) is 2.83. The molecule has 3 heteroatoms. The summed E-state index contributed by atoms with van der Waals surface area (Å²) in [5, 5.41) is 3.65. The molecule has 2 aromatic rings. The molecule has 0 spiro atoms. The largest absolute Gasteiger partial charge is 0.454 e. The lowest BCUT2D eigenvalue weighted by molar-refractivity contribution is 0.174. The molecular formula is C17H15NO2. The minimum absolute atomic E-state index is 0.339. The van der Waals surface area contributed by atoms with Crippen LogP contribution in [0.5, 0.6) is 11.5 Å². The van der Waals surface area contributed by atoms with Gasteiger partial charge in [-0.1, -0.05) is 24.3 Å². The molecule has 100 valence electrons. The normalized spacial score (nSPS) is 21.3. The van der Waals surface area contributed by atoms with Gasteiger partial charge in [-0.2, -0.15) is 0 Å². The lowest BCUT2D eigenvalue weighted by Gasteiger charge is -2.34. The smallest absolute Gasteiger partial charge is 0.231 e. The van der Waals surface area contributed by atoms with Crippen molar-refractivity contribution in [1.29, 1.82) is 0 Å². The molecule has 1 atom stereocenters. The molecule has 0 amide bonds. The van der Waals surface area contributed by atoms with Crippen LogP contribution in [0.4, 0.5) is 0 Å². The van der Waals surface area contributed by atoms with Crippen LogP contribution in [0.2, 0.25) is 0 Å². The molecule has 0 fully saturated rings. The van der Waals surface area contributed by atoms with Crippen molar-refractivity contribution >= 4 is 0 Å². The Morgan fingerprint density at radius 2 is 2.05 bits per heavy atom. The number of fused-ring (bicyclic) bond motifs is 4. The molecule has 2 aliphatic heterocycles. The summed E-state index contributed by atoms with van der Waals surface area (Å²) in [6, 6.07) is 11.3. The SMILES string of the molecule is c1ccc2c(c1)C[C@@H]1NCCc3cc4c(c-2c31)OCO4. The average Bonchev–Trinajstić information content (AvgIpc) is 2.95. The van der Waals surface area contributed by atoms with Crippen molar-refractivity contribution < 1.29 is 9.47 Å². The van der Waals surface area contributed by atoms with Crippen molar-refractivity contribution in [3.63, 3.8) is 0 Å². The Labute approximate surface area is 117 Å². The van der Waals surface area contributed by atoms with Gasteiger partial charge in [0.05, 0.1) is 0 Å². The number of hydrogen-bond donors (Lipinski definition) is 1. The van der Waals surface area contributed by atoms with Crippen LogP contribution in [0, 0.1) is 0 Å². The predicted molar refractivity (Wildman–Crippen MR) is 76.2 cm³/mol. The van der Waals surface area contributed by atoms with Gasteiger partial charge in [-0.15, -0.1) is 0 Å². The summed E-state index contributed by atoms with van der Waals surface area (Å²) in [4.78, 5) is 0. The van der Waals surface area contributed by atoms with E-state index in [1.54, 1.807) is 0 Å². The van der Waals surface area contributed by atoms with Crippen LogP contribution in [0.1, 0.15) is 22.7 Å². The van der Waals surface area contributed by atoms with Gasteiger partial charge in [-0.05, 0) is 47.7 Å². The van der Waals surface area contributed by atoms with Crippen molar-refractivity contribution in [1.82, 2.24) is 5.32 Å².